The van der Waals surface area contributed by atoms with Crippen LogP contribution < -0.4 is 0 Å². The topological polar surface area (TPSA) is 51.0 Å². The summed E-state index contributed by atoms with van der Waals surface area (Å²) in [5.74, 6) is 1.26. The van der Waals surface area contributed by atoms with E-state index in [2.05, 4.69) is 23.8 Å². The Bertz CT molecular complexity index is 884. The fraction of sp³-hybridized carbons (Fsp3) is 0.350. The van der Waals surface area contributed by atoms with E-state index in [9.17, 15) is 4.79 Å². The second-order valence-corrected chi connectivity index (χ2v) is 6.71. The molecule has 0 N–H and O–H groups in total. The summed E-state index contributed by atoms with van der Waals surface area (Å²) in [6, 6.07) is 11.7. The first kappa shape index (κ1) is 17.1. The van der Waals surface area contributed by atoms with E-state index in [0.717, 1.165) is 22.4 Å². The molecule has 3 aromatic rings. The van der Waals surface area contributed by atoms with Crippen LogP contribution in [-0.2, 0) is 11.3 Å². The van der Waals surface area contributed by atoms with Gasteiger partial charge in [0.25, 0.3) is 0 Å². The van der Waals surface area contributed by atoms with Gasteiger partial charge in [0, 0.05) is 30.7 Å². The normalized spacial score (nSPS) is 12.5. The first-order chi connectivity index (χ1) is 12.0. The number of likely N-dealkylation sites (N-methyl/N-ethyl adjacent to an activating group) is 1. The number of hydrogen-bond acceptors (Lipinski definition) is 3. The van der Waals surface area contributed by atoms with Gasteiger partial charge in [-0.3, -0.25) is 9.78 Å². The minimum atomic E-state index is -0.287. The molecule has 0 fully saturated rings. The minimum absolute atomic E-state index is 0.0508. The summed E-state index contributed by atoms with van der Waals surface area (Å²) in [6.45, 7) is 6.57. The number of para-hydroxylation sites is 1. The summed E-state index contributed by atoms with van der Waals surface area (Å²) < 4.78 is 1.96. The van der Waals surface area contributed by atoms with E-state index in [1.165, 1.54) is 0 Å². The van der Waals surface area contributed by atoms with E-state index < -0.39 is 0 Å². The van der Waals surface area contributed by atoms with Gasteiger partial charge in [0.05, 0.1) is 17.8 Å². The highest BCUT2D eigenvalue weighted by atomic mass is 16.2. The van der Waals surface area contributed by atoms with Crippen molar-refractivity contribution in [3.8, 4) is 0 Å². The molecule has 0 saturated carbocycles. The maximum Gasteiger partial charge on any atom is 0.245 e. The quantitative estimate of drug-likeness (QED) is 0.712. The lowest BCUT2D eigenvalue weighted by atomic mass is 10.2. The summed E-state index contributed by atoms with van der Waals surface area (Å²) >= 11 is 0. The number of imidazole rings is 1. The SMILES string of the molecule is CC(C)c1nccn1[C@@H](C)C(=O)N(C)Cc1ccc2ccccc2n1. The number of benzene rings is 1. The third-order valence-corrected chi connectivity index (χ3v) is 4.42. The first-order valence-corrected chi connectivity index (χ1v) is 8.59. The Morgan fingerprint density at radius 1 is 1.16 bits per heavy atom. The van der Waals surface area contributed by atoms with E-state index in [0.29, 0.717) is 6.54 Å². The zero-order valence-electron chi connectivity index (χ0n) is 15.2. The lowest BCUT2D eigenvalue weighted by Gasteiger charge is -2.24. The van der Waals surface area contributed by atoms with Gasteiger partial charge in [-0.25, -0.2) is 4.98 Å². The molecule has 1 aromatic carbocycles. The summed E-state index contributed by atoms with van der Waals surface area (Å²) in [5.41, 5.74) is 1.84. The fourth-order valence-corrected chi connectivity index (χ4v) is 3.05. The highest BCUT2D eigenvalue weighted by Crippen LogP contribution is 2.19. The Morgan fingerprint density at radius 3 is 2.68 bits per heavy atom. The molecule has 5 heteroatoms. The second-order valence-electron chi connectivity index (χ2n) is 6.71. The third kappa shape index (κ3) is 3.55. The molecule has 1 amide bonds. The maximum absolute atomic E-state index is 12.8. The number of nitrogens with zero attached hydrogens (tertiary/aromatic N) is 4. The van der Waals surface area contributed by atoms with Crippen molar-refractivity contribution >= 4 is 16.8 Å². The molecule has 130 valence electrons. The Kier molecular flexibility index (Phi) is 4.83. The number of rotatable bonds is 5. The number of amides is 1. The van der Waals surface area contributed by atoms with Crippen molar-refractivity contribution in [2.75, 3.05) is 7.05 Å². The van der Waals surface area contributed by atoms with E-state index in [1.807, 2.05) is 61.1 Å². The lowest BCUT2D eigenvalue weighted by molar-refractivity contribution is -0.133. The van der Waals surface area contributed by atoms with Crippen molar-refractivity contribution in [2.45, 2.75) is 39.3 Å². The first-order valence-electron chi connectivity index (χ1n) is 8.59. The molecule has 0 saturated heterocycles. The Hall–Kier alpha value is -2.69. The van der Waals surface area contributed by atoms with Crippen molar-refractivity contribution in [2.24, 2.45) is 0 Å². The van der Waals surface area contributed by atoms with Gasteiger partial charge in [-0.15, -0.1) is 0 Å². The molecule has 0 aliphatic rings. The largest absolute Gasteiger partial charge is 0.338 e. The van der Waals surface area contributed by atoms with Gasteiger partial charge in [-0.05, 0) is 19.1 Å². The molecule has 25 heavy (non-hydrogen) atoms. The molecule has 0 spiro atoms. The van der Waals surface area contributed by atoms with Crippen LogP contribution in [0.5, 0.6) is 0 Å². The lowest BCUT2D eigenvalue weighted by Crippen LogP contribution is -2.33. The third-order valence-electron chi connectivity index (χ3n) is 4.42. The zero-order valence-corrected chi connectivity index (χ0v) is 15.2. The summed E-state index contributed by atoms with van der Waals surface area (Å²) in [7, 11) is 1.82. The molecule has 2 aromatic heterocycles. The molecular weight excluding hydrogens is 312 g/mol. The molecule has 0 aliphatic heterocycles. The van der Waals surface area contributed by atoms with Crippen LogP contribution in [0.1, 0.15) is 44.2 Å². The van der Waals surface area contributed by atoms with E-state index in [-0.39, 0.29) is 17.9 Å². The zero-order chi connectivity index (χ0) is 18.0. The number of hydrogen-bond donors (Lipinski definition) is 0. The van der Waals surface area contributed by atoms with E-state index in [1.54, 1.807) is 11.1 Å². The standard InChI is InChI=1S/C20H24N4O/c1-14(2)19-21-11-12-24(19)15(3)20(25)23(4)13-17-10-9-16-7-5-6-8-18(16)22-17/h5-12,14-15H,13H2,1-4H3/t15-/m0/s1. The van der Waals surface area contributed by atoms with Crippen molar-refractivity contribution in [3.05, 3.63) is 60.3 Å². The second kappa shape index (κ2) is 7.05. The van der Waals surface area contributed by atoms with Gasteiger partial charge in [0.1, 0.15) is 11.9 Å². The number of carbonyl (C=O) groups is 1. The Labute approximate surface area is 148 Å². The van der Waals surface area contributed by atoms with E-state index in [4.69, 9.17) is 0 Å². The molecule has 2 heterocycles. The highest BCUT2D eigenvalue weighted by Gasteiger charge is 2.22. The maximum atomic E-state index is 12.8. The number of fused-ring (bicyclic) bond motifs is 1. The number of aromatic nitrogens is 3. The van der Waals surface area contributed by atoms with Crippen molar-refractivity contribution in [3.63, 3.8) is 0 Å². The van der Waals surface area contributed by atoms with E-state index >= 15 is 0 Å². The molecule has 3 rings (SSSR count). The average Bonchev–Trinajstić information content (AvgIpc) is 3.10. The molecular formula is C20H24N4O. The summed E-state index contributed by atoms with van der Waals surface area (Å²) in [4.78, 5) is 23.6. The molecule has 1 atom stereocenters. The molecule has 0 unspecified atom stereocenters. The van der Waals surface area contributed by atoms with Crippen LogP contribution in [-0.4, -0.2) is 32.4 Å². The van der Waals surface area contributed by atoms with Crippen molar-refractivity contribution in [1.29, 1.82) is 0 Å². The number of carbonyl (C=O) groups excluding carboxylic acids is 1. The van der Waals surface area contributed by atoms with Crippen molar-refractivity contribution in [1.82, 2.24) is 19.4 Å². The summed E-state index contributed by atoms with van der Waals surface area (Å²) in [5, 5.41) is 1.11. The average molecular weight is 336 g/mol. The fourth-order valence-electron chi connectivity index (χ4n) is 3.05. The molecule has 0 bridgehead atoms. The Morgan fingerprint density at radius 2 is 1.92 bits per heavy atom. The van der Waals surface area contributed by atoms with Crippen LogP contribution >= 0.6 is 0 Å². The summed E-state index contributed by atoms with van der Waals surface area (Å²) in [6.07, 6.45) is 3.63. The predicted molar refractivity (Wildman–Crippen MR) is 99.2 cm³/mol. The van der Waals surface area contributed by atoms with Crippen molar-refractivity contribution < 1.29 is 4.79 Å². The molecule has 0 radical (unpaired) electrons. The van der Waals surface area contributed by atoms with Crippen LogP contribution in [0.3, 0.4) is 0 Å². The van der Waals surface area contributed by atoms with Crippen LogP contribution in [0.4, 0.5) is 0 Å². The monoisotopic (exact) mass is 336 g/mol. The van der Waals surface area contributed by atoms with Crippen LogP contribution in [0, 0.1) is 0 Å². The number of pyridine rings is 1. The van der Waals surface area contributed by atoms with Gasteiger partial charge in [0.2, 0.25) is 5.91 Å². The van der Waals surface area contributed by atoms with Gasteiger partial charge in [-0.2, -0.15) is 0 Å². The minimum Gasteiger partial charge on any atom is -0.338 e. The smallest absolute Gasteiger partial charge is 0.245 e. The van der Waals surface area contributed by atoms with Gasteiger partial charge < -0.3 is 9.47 Å². The molecule has 5 nitrogen and oxygen atoms in total. The van der Waals surface area contributed by atoms with Crippen LogP contribution in [0.2, 0.25) is 0 Å². The van der Waals surface area contributed by atoms with Gasteiger partial charge in [-0.1, -0.05) is 38.1 Å². The van der Waals surface area contributed by atoms with Gasteiger partial charge >= 0.3 is 0 Å². The molecule has 0 aliphatic carbocycles. The Balaban J connectivity index is 1.76. The van der Waals surface area contributed by atoms with Gasteiger partial charge in [0.15, 0.2) is 0 Å². The predicted octanol–water partition coefficient (Wildman–Crippen LogP) is 3.77. The highest BCUT2D eigenvalue weighted by molar-refractivity contribution is 5.80. The van der Waals surface area contributed by atoms with Crippen LogP contribution in [0.25, 0.3) is 10.9 Å². The van der Waals surface area contributed by atoms with Crippen LogP contribution in [0.15, 0.2) is 48.8 Å².